The van der Waals surface area contributed by atoms with Crippen LogP contribution in [-0.2, 0) is 17.8 Å². The van der Waals surface area contributed by atoms with Gasteiger partial charge in [-0.15, -0.1) is 0 Å². The van der Waals surface area contributed by atoms with Gasteiger partial charge in [-0.05, 0) is 43.3 Å². The van der Waals surface area contributed by atoms with Gasteiger partial charge in [-0.25, -0.2) is 0 Å². The van der Waals surface area contributed by atoms with E-state index in [0.29, 0.717) is 17.9 Å². The molecule has 2 saturated carbocycles. The number of nitrogens with zero attached hydrogens (tertiary/aromatic N) is 2. The molecule has 1 amide bonds. The average molecular weight is 337 g/mol. The van der Waals surface area contributed by atoms with Crippen molar-refractivity contribution in [1.82, 2.24) is 20.1 Å². The zero-order chi connectivity index (χ0) is 16.2. The molecule has 5 nitrogen and oxygen atoms in total. The van der Waals surface area contributed by atoms with E-state index in [4.69, 9.17) is 12.2 Å². The monoisotopic (exact) mass is 336 g/mol. The second-order valence-corrected chi connectivity index (χ2v) is 7.44. The molecule has 128 valence electrons. The number of H-pyrrole nitrogens is 1. The van der Waals surface area contributed by atoms with Crippen LogP contribution in [0.1, 0.15) is 57.7 Å². The first kappa shape index (κ1) is 16.7. The summed E-state index contributed by atoms with van der Waals surface area (Å²) in [6.45, 7) is 3.38. The number of aromatic amines is 1. The van der Waals surface area contributed by atoms with E-state index < -0.39 is 0 Å². The van der Waals surface area contributed by atoms with Crippen molar-refractivity contribution in [2.45, 2.75) is 64.8 Å². The fourth-order valence-electron chi connectivity index (χ4n) is 4.40. The highest BCUT2D eigenvalue weighted by Gasteiger charge is 2.34. The van der Waals surface area contributed by atoms with Crippen LogP contribution in [-0.4, -0.2) is 27.2 Å². The van der Waals surface area contributed by atoms with Crippen LogP contribution in [0.5, 0.6) is 0 Å². The third kappa shape index (κ3) is 3.84. The molecule has 1 aromatic rings. The maximum atomic E-state index is 12.5. The SMILES string of the molecule is CCc1n[nH]c(=S)n1CCNC(=O)[C@@H]1CC[C@H]2CCCC[C@H]2C1. The van der Waals surface area contributed by atoms with Gasteiger partial charge in [0.25, 0.3) is 0 Å². The number of fused-ring (bicyclic) bond motifs is 1. The number of nitrogens with one attached hydrogen (secondary N) is 2. The Morgan fingerprint density at radius 2 is 2.09 bits per heavy atom. The average Bonchev–Trinajstić information content (AvgIpc) is 2.94. The van der Waals surface area contributed by atoms with Gasteiger partial charge in [-0.3, -0.25) is 9.89 Å². The van der Waals surface area contributed by atoms with E-state index in [-0.39, 0.29) is 11.8 Å². The molecule has 23 heavy (non-hydrogen) atoms. The van der Waals surface area contributed by atoms with E-state index >= 15 is 0 Å². The van der Waals surface area contributed by atoms with E-state index in [1.54, 1.807) is 0 Å². The summed E-state index contributed by atoms with van der Waals surface area (Å²) in [4.78, 5) is 12.5. The van der Waals surface area contributed by atoms with Crippen LogP contribution in [0.15, 0.2) is 0 Å². The number of aromatic nitrogens is 3. The molecule has 0 bridgehead atoms. The van der Waals surface area contributed by atoms with Crippen molar-refractivity contribution < 1.29 is 4.79 Å². The molecule has 3 rings (SSSR count). The number of hydrogen-bond donors (Lipinski definition) is 2. The molecule has 0 aliphatic heterocycles. The van der Waals surface area contributed by atoms with Crippen LogP contribution in [0, 0.1) is 22.5 Å². The van der Waals surface area contributed by atoms with Crippen LogP contribution < -0.4 is 5.32 Å². The number of carbonyl (C=O) groups excluding carboxylic acids is 1. The molecule has 2 aliphatic carbocycles. The zero-order valence-electron chi connectivity index (χ0n) is 14.0. The van der Waals surface area contributed by atoms with Crippen LogP contribution in [0.4, 0.5) is 0 Å². The van der Waals surface area contributed by atoms with Crippen LogP contribution in [0.3, 0.4) is 0 Å². The van der Waals surface area contributed by atoms with E-state index in [1.165, 1.54) is 32.1 Å². The van der Waals surface area contributed by atoms with Crippen LogP contribution >= 0.6 is 12.2 Å². The predicted octanol–water partition coefficient (Wildman–Crippen LogP) is 3.23. The van der Waals surface area contributed by atoms with Crippen LogP contribution in [0.25, 0.3) is 0 Å². The Labute approximate surface area is 143 Å². The van der Waals surface area contributed by atoms with Gasteiger partial charge in [0.1, 0.15) is 5.82 Å². The van der Waals surface area contributed by atoms with Crippen molar-refractivity contribution in [2.24, 2.45) is 17.8 Å². The quantitative estimate of drug-likeness (QED) is 0.812. The Kier molecular flexibility index (Phi) is 5.51. The molecule has 0 unspecified atom stereocenters. The highest BCUT2D eigenvalue weighted by molar-refractivity contribution is 7.71. The highest BCUT2D eigenvalue weighted by atomic mass is 32.1. The van der Waals surface area contributed by atoms with Gasteiger partial charge in [0.15, 0.2) is 4.77 Å². The molecule has 2 aliphatic rings. The summed E-state index contributed by atoms with van der Waals surface area (Å²) in [6.07, 6.45) is 9.72. The van der Waals surface area contributed by atoms with Crippen molar-refractivity contribution in [3.05, 3.63) is 10.6 Å². The lowest BCUT2D eigenvalue weighted by molar-refractivity contribution is -0.127. The summed E-state index contributed by atoms with van der Waals surface area (Å²) in [6, 6.07) is 0. The Morgan fingerprint density at radius 3 is 2.87 bits per heavy atom. The van der Waals surface area contributed by atoms with E-state index in [9.17, 15) is 4.79 Å². The first-order valence-electron chi connectivity index (χ1n) is 9.10. The third-order valence-electron chi connectivity index (χ3n) is 5.70. The van der Waals surface area contributed by atoms with E-state index in [1.807, 2.05) is 4.57 Å². The number of hydrogen-bond acceptors (Lipinski definition) is 3. The van der Waals surface area contributed by atoms with Gasteiger partial charge >= 0.3 is 0 Å². The van der Waals surface area contributed by atoms with E-state index in [0.717, 1.165) is 36.9 Å². The Hall–Kier alpha value is -1.17. The molecule has 2 fully saturated rings. The Bertz CT molecular complexity index is 594. The largest absolute Gasteiger partial charge is 0.354 e. The molecule has 3 atom stereocenters. The number of amides is 1. The standard InChI is InChI=1S/C17H28N4OS/c1-2-15-19-20-17(23)21(15)10-9-18-16(22)14-8-7-12-5-3-4-6-13(12)11-14/h12-14H,2-11H2,1H3,(H,18,22)(H,20,23)/t12-,13+,14-/m1/s1. The van der Waals surface area contributed by atoms with Crippen molar-refractivity contribution in [3.63, 3.8) is 0 Å². The molecule has 0 spiro atoms. The number of aryl methyl sites for hydroxylation is 1. The minimum Gasteiger partial charge on any atom is -0.354 e. The minimum absolute atomic E-state index is 0.220. The van der Waals surface area contributed by atoms with Gasteiger partial charge in [-0.1, -0.05) is 32.6 Å². The summed E-state index contributed by atoms with van der Waals surface area (Å²) < 4.78 is 2.62. The van der Waals surface area contributed by atoms with Gasteiger partial charge in [0, 0.05) is 25.4 Å². The lowest BCUT2D eigenvalue weighted by atomic mass is 9.67. The van der Waals surface area contributed by atoms with Gasteiger partial charge in [0.2, 0.25) is 5.91 Å². The Balaban J connectivity index is 1.48. The normalized spacial score (nSPS) is 27.4. The molecular weight excluding hydrogens is 308 g/mol. The Morgan fingerprint density at radius 1 is 1.30 bits per heavy atom. The molecule has 1 heterocycles. The molecular formula is C17H28N4OS. The minimum atomic E-state index is 0.220. The molecule has 6 heteroatoms. The lowest BCUT2D eigenvalue weighted by Gasteiger charge is -2.38. The smallest absolute Gasteiger partial charge is 0.223 e. The second kappa shape index (κ2) is 7.60. The summed E-state index contributed by atoms with van der Waals surface area (Å²) >= 11 is 5.24. The third-order valence-corrected chi connectivity index (χ3v) is 6.01. The summed E-state index contributed by atoms with van der Waals surface area (Å²) in [5, 5.41) is 10.1. The first-order chi connectivity index (χ1) is 11.2. The molecule has 1 aromatic heterocycles. The van der Waals surface area contributed by atoms with Gasteiger partial charge < -0.3 is 9.88 Å². The second-order valence-electron chi connectivity index (χ2n) is 7.06. The maximum absolute atomic E-state index is 12.5. The fraction of sp³-hybridized carbons (Fsp3) is 0.824. The topological polar surface area (TPSA) is 62.7 Å². The fourth-order valence-corrected chi connectivity index (χ4v) is 4.64. The zero-order valence-corrected chi connectivity index (χ0v) is 14.8. The molecule has 0 aromatic carbocycles. The maximum Gasteiger partial charge on any atom is 0.223 e. The molecule has 0 saturated heterocycles. The van der Waals surface area contributed by atoms with Gasteiger partial charge in [0.05, 0.1) is 0 Å². The van der Waals surface area contributed by atoms with E-state index in [2.05, 4.69) is 22.4 Å². The molecule has 0 radical (unpaired) electrons. The van der Waals surface area contributed by atoms with Crippen molar-refractivity contribution >= 4 is 18.1 Å². The summed E-state index contributed by atoms with van der Waals surface area (Å²) in [7, 11) is 0. The number of rotatable bonds is 5. The first-order valence-corrected chi connectivity index (χ1v) is 9.51. The highest BCUT2D eigenvalue weighted by Crippen LogP contribution is 2.42. The van der Waals surface area contributed by atoms with Crippen molar-refractivity contribution in [2.75, 3.05) is 6.54 Å². The van der Waals surface area contributed by atoms with Crippen LogP contribution in [0.2, 0.25) is 0 Å². The number of carbonyl (C=O) groups is 1. The molecule has 2 N–H and O–H groups in total. The van der Waals surface area contributed by atoms with Crippen molar-refractivity contribution in [1.29, 1.82) is 0 Å². The lowest BCUT2D eigenvalue weighted by Crippen LogP contribution is -2.38. The summed E-state index contributed by atoms with van der Waals surface area (Å²) in [5.41, 5.74) is 0. The predicted molar refractivity (Wildman–Crippen MR) is 92.6 cm³/mol. The van der Waals surface area contributed by atoms with Gasteiger partial charge in [-0.2, -0.15) is 5.10 Å². The van der Waals surface area contributed by atoms with Crippen molar-refractivity contribution in [3.8, 4) is 0 Å². The summed E-state index contributed by atoms with van der Waals surface area (Å²) in [5.74, 6) is 3.10.